The second-order valence-electron chi connectivity index (χ2n) is 1.89. The summed E-state index contributed by atoms with van der Waals surface area (Å²) in [5.74, 6) is 0.339. The number of phenolic OH excluding ortho intramolecular Hbond substituents is 2. The van der Waals surface area contributed by atoms with Gasteiger partial charge in [0.25, 0.3) is 0 Å². The maximum atomic E-state index is 9.16. The highest BCUT2D eigenvalue weighted by molar-refractivity contribution is 8.31. The average Bonchev–Trinajstić information content (AvgIpc) is 1.92. The van der Waals surface area contributed by atoms with Crippen molar-refractivity contribution >= 4 is 29.6 Å². The van der Waals surface area contributed by atoms with E-state index in [0.717, 1.165) is 0 Å². The van der Waals surface area contributed by atoms with Crippen LogP contribution in [-0.2, 0) is 8.26 Å². The molecule has 0 unspecified atom stereocenters. The molecule has 0 saturated carbocycles. The highest BCUT2D eigenvalue weighted by atomic mass is 36.0. The van der Waals surface area contributed by atoms with E-state index in [-0.39, 0.29) is 11.5 Å². The molecule has 4 nitrogen and oxygen atoms in total. The summed E-state index contributed by atoms with van der Waals surface area (Å²) in [6.45, 7) is 0. The molecule has 0 spiro atoms. The van der Waals surface area contributed by atoms with E-state index in [4.69, 9.17) is 18.6 Å². The fourth-order valence-electron chi connectivity index (χ4n) is 0.453. The Balaban J connectivity index is 0.000000252. The summed E-state index contributed by atoms with van der Waals surface area (Å²) in [5.41, 5.74) is 0. The largest absolute Gasteiger partial charge is 0.508 e. The van der Waals surface area contributed by atoms with Crippen molar-refractivity contribution in [3.63, 3.8) is 0 Å². The van der Waals surface area contributed by atoms with Crippen molar-refractivity contribution in [2.75, 3.05) is 0 Å². The number of hydrogen-bond acceptors (Lipinski definition) is 4. The lowest BCUT2D eigenvalue weighted by molar-refractivity contribution is 0.460. The summed E-state index contributed by atoms with van der Waals surface area (Å²) >= 11 is 0. The Labute approximate surface area is 84.3 Å². The van der Waals surface area contributed by atoms with Gasteiger partial charge in [0.15, 0.2) is 0 Å². The molecule has 0 fully saturated rings. The minimum atomic E-state index is -3.72. The fourth-order valence-corrected chi connectivity index (χ4v) is 0.453. The average molecular weight is 245 g/mol. The summed E-state index contributed by atoms with van der Waals surface area (Å²) in [4.78, 5) is 0. The minimum absolute atomic E-state index is 0.169. The summed E-state index contributed by atoms with van der Waals surface area (Å²) in [7, 11) is 4.81. The van der Waals surface area contributed by atoms with E-state index in [1.54, 1.807) is 0 Å². The monoisotopic (exact) mass is 244 g/mol. The van der Waals surface area contributed by atoms with Crippen molar-refractivity contribution in [2.45, 2.75) is 0 Å². The molecule has 0 radical (unpaired) electrons. The van der Waals surface area contributed by atoms with Crippen LogP contribution in [0.2, 0.25) is 0 Å². The highest BCUT2D eigenvalue weighted by Gasteiger charge is 1.88. The van der Waals surface area contributed by atoms with Crippen LogP contribution in [0.3, 0.4) is 0 Å². The Morgan fingerprint density at radius 3 is 1.23 bits per heavy atom. The Morgan fingerprint density at radius 2 is 1.08 bits per heavy atom. The van der Waals surface area contributed by atoms with Crippen molar-refractivity contribution in [3.8, 4) is 11.5 Å². The zero-order chi connectivity index (χ0) is 10.5. The second-order valence-corrected chi connectivity index (χ2v) is 5.56. The third-order valence-corrected chi connectivity index (χ3v) is 0.850. The molecule has 1 aromatic rings. The van der Waals surface area contributed by atoms with Crippen LogP contribution in [0.15, 0.2) is 24.3 Å². The first-order chi connectivity index (χ1) is 5.79. The fraction of sp³-hybridized carbons (Fsp3) is 0. The molecule has 74 valence electrons. The zero-order valence-corrected chi connectivity index (χ0v) is 8.51. The van der Waals surface area contributed by atoms with E-state index < -0.39 is 8.26 Å². The van der Waals surface area contributed by atoms with Gasteiger partial charge in [-0.2, -0.15) is 8.42 Å². The molecule has 0 heterocycles. The first-order valence-electron chi connectivity index (χ1n) is 2.91. The molecular formula is C6H6Cl2O4S. The number of benzene rings is 1. The summed E-state index contributed by atoms with van der Waals surface area (Å²) in [5, 5.41) is 17.3. The van der Waals surface area contributed by atoms with Crippen molar-refractivity contribution < 1.29 is 18.6 Å². The van der Waals surface area contributed by atoms with Crippen LogP contribution in [-0.4, -0.2) is 18.6 Å². The number of rotatable bonds is 0. The normalized spacial score (nSPS) is 10.0. The van der Waals surface area contributed by atoms with Gasteiger partial charge in [-0.1, -0.05) is 0 Å². The SMILES string of the molecule is O=S(=O)(Cl)Cl.Oc1ccc(O)cc1. The van der Waals surface area contributed by atoms with Crippen LogP contribution in [0, 0.1) is 0 Å². The Kier molecular flexibility index (Phi) is 4.90. The number of halogens is 2. The van der Waals surface area contributed by atoms with E-state index in [2.05, 4.69) is 21.4 Å². The van der Waals surface area contributed by atoms with Gasteiger partial charge < -0.3 is 10.2 Å². The molecule has 7 heteroatoms. The zero-order valence-electron chi connectivity index (χ0n) is 6.18. The van der Waals surface area contributed by atoms with E-state index >= 15 is 0 Å². The number of aromatic hydroxyl groups is 2. The van der Waals surface area contributed by atoms with Crippen molar-refractivity contribution in [2.24, 2.45) is 0 Å². The number of phenols is 2. The lowest BCUT2D eigenvalue weighted by Gasteiger charge is -1.88. The maximum absolute atomic E-state index is 9.16. The van der Waals surface area contributed by atoms with Crippen molar-refractivity contribution in [1.29, 1.82) is 0 Å². The molecule has 0 aromatic heterocycles. The Bertz CT molecular complexity index is 316. The van der Waals surface area contributed by atoms with Crippen LogP contribution >= 0.6 is 21.4 Å². The van der Waals surface area contributed by atoms with Gasteiger partial charge >= 0.3 is 8.26 Å². The van der Waals surface area contributed by atoms with Crippen LogP contribution in [0.25, 0.3) is 0 Å². The second kappa shape index (κ2) is 5.16. The predicted molar refractivity (Wildman–Crippen MR) is 50.4 cm³/mol. The van der Waals surface area contributed by atoms with Gasteiger partial charge in [-0.15, -0.1) is 0 Å². The van der Waals surface area contributed by atoms with Crippen LogP contribution < -0.4 is 0 Å². The van der Waals surface area contributed by atoms with Gasteiger partial charge in [-0.3, -0.25) is 0 Å². The number of hydrogen-bond donors (Lipinski definition) is 2. The lowest BCUT2D eigenvalue weighted by Crippen LogP contribution is -1.63. The van der Waals surface area contributed by atoms with Crippen molar-refractivity contribution in [3.05, 3.63) is 24.3 Å². The Hall–Kier alpha value is -0.650. The van der Waals surface area contributed by atoms with Gasteiger partial charge in [-0.25, -0.2) is 0 Å². The van der Waals surface area contributed by atoms with E-state index in [1.807, 2.05) is 0 Å². The first-order valence-corrected chi connectivity index (χ1v) is 6.05. The molecule has 1 rings (SSSR count). The van der Waals surface area contributed by atoms with Gasteiger partial charge in [0.2, 0.25) is 0 Å². The van der Waals surface area contributed by atoms with Gasteiger partial charge in [-0.05, 0) is 24.3 Å². The molecule has 2 N–H and O–H groups in total. The first kappa shape index (κ1) is 12.3. The van der Waals surface area contributed by atoms with E-state index in [0.29, 0.717) is 0 Å². The summed E-state index contributed by atoms with van der Waals surface area (Å²) in [6, 6.07) is 5.70. The lowest BCUT2D eigenvalue weighted by atomic mass is 10.3. The molecule has 0 aliphatic rings. The summed E-state index contributed by atoms with van der Waals surface area (Å²) in [6.07, 6.45) is 0. The van der Waals surface area contributed by atoms with Gasteiger partial charge in [0.1, 0.15) is 11.5 Å². The van der Waals surface area contributed by atoms with Crippen LogP contribution in [0.1, 0.15) is 0 Å². The quantitative estimate of drug-likeness (QED) is 0.539. The molecule has 1 aromatic carbocycles. The minimum Gasteiger partial charge on any atom is -0.508 e. The standard InChI is InChI=1S/C6H6O2.Cl2O2S/c7-5-1-2-6(8)4-3-5;1-5(2,3)4/h1-4,7-8H;. The smallest absolute Gasteiger partial charge is 0.317 e. The van der Waals surface area contributed by atoms with Crippen LogP contribution in [0.5, 0.6) is 11.5 Å². The van der Waals surface area contributed by atoms with Gasteiger partial charge in [0.05, 0.1) is 0 Å². The maximum Gasteiger partial charge on any atom is 0.317 e. The molecule has 0 aliphatic carbocycles. The molecule has 0 saturated heterocycles. The highest BCUT2D eigenvalue weighted by Crippen LogP contribution is 2.13. The third kappa shape index (κ3) is 11.3. The van der Waals surface area contributed by atoms with E-state index in [1.165, 1.54) is 24.3 Å². The van der Waals surface area contributed by atoms with E-state index in [9.17, 15) is 0 Å². The predicted octanol–water partition coefficient (Wildman–Crippen LogP) is 1.81. The molecule has 0 amide bonds. The van der Waals surface area contributed by atoms with Gasteiger partial charge in [0, 0.05) is 21.4 Å². The third-order valence-electron chi connectivity index (χ3n) is 0.850. The van der Waals surface area contributed by atoms with Crippen LogP contribution in [0.4, 0.5) is 0 Å². The summed E-state index contributed by atoms with van der Waals surface area (Å²) < 4.78 is 18.3. The topological polar surface area (TPSA) is 74.6 Å². The molecule has 0 bridgehead atoms. The molecule has 13 heavy (non-hydrogen) atoms. The molecule has 0 aliphatic heterocycles. The molecular weight excluding hydrogens is 239 g/mol. The van der Waals surface area contributed by atoms with Crippen molar-refractivity contribution in [1.82, 2.24) is 0 Å². The molecule has 0 atom stereocenters. The Morgan fingerprint density at radius 1 is 0.923 bits per heavy atom.